The van der Waals surface area contributed by atoms with E-state index in [-0.39, 0.29) is 11.8 Å². The maximum Gasteiger partial charge on any atom is 0.212 e. The Bertz CT molecular complexity index is 459. The summed E-state index contributed by atoms with van der Waals surface area (Å²) >= 11 is 5.49. The summed E-state index contributed by atoms with van der Waals surface area (Å²) in [5, 5.41) is 0. The summed E-state index contributed by atoms with van der Waals surface area (Å²) < 4.78 is 26.0. The van der Waals surface area contributed by atoms with Crippen molar-refractivity contribution in [3.63, 3.8) is 0 Å². The molecule has 1 rings (SSSR count). The van der Waals surface area contributed by atoms with Crippen molar-refractivity contribution in [1.82, 2.24) is 4.72 Å². The number of sulfonamides is 1. The highest BCUT2D eigenvalue weighted by Crippen LogP contribution is 2.14. The lowest BCUT2D eigenvalue weighted by molar-refractivity contribution is 0.565. The van der Waals surface area contributed by atoms with Gasteiger partial charge in [0.05, 0.1) is 5.75 Å². The number of hydrogen-bond acceptors (Lipinski definition) is 2. The van der Waals surface area contributed by atoms with E-state index in [2.05, 4.69) is 4.72 Å². The Hall–Kier alpha value is -0.580. The van der Waals surface area contributed by atoms with Crippen molar-refractivity contribution in [2.24, 2.45) is 0 Å². The second-order valence-corrected chi connectivity index (χ2v) is 6.37. The number of nitrogens with one attached hydrogen (secondary N) is 1. The Kier molecular flexibility index (Phi) is 5.43. The molecular weight excluding hydrogens is 258 g/mol. The Morgan fingerprint density at radius 2 is 2.12 bits per heavy atom. The summed E-state index contributed by atoms with van der Waals surface area (Å²) in [5.74, 6) is 0.437. The van der Waals surface area contributed by atoms with Crippen molar-refractivity contribution in [1.29, 1.82) is 0 Å². The van der Waals surface area contributed by atoms with Crippen molar-refractivity contribution in [2.45, 2.75) is 26.3 Å². The lowest BCUT2D eigenvalue weighted by Crippen LogP contribution is -2.29. The molecule has 17 heavy (non-hydrogen) atoms. The Morgan fingerprint density at radius 1 is 1.41 bits per heavy atom. The van der Waals surface area contributed by atoms with Gasteiger partial charge in [0.25, 0.3) is 0 Å². The molecule has 0 saturated heterocycles. The lowest BCUT2D eigenvalue weighted by atomic mass is 10.1. The fourth-order valence-electron chi connectivity index (χ4n) is 1.58. The molecule has 1 aromatic carbocycles. The molecule has 0 heterocycles. The number of rotatable bonds is 6. The van der Waals surface area contributed by atoms with Crippen LogP contribution in [0.25, 0.3) is 0 Å². The fourth-order valence-corrected chi connectivity index (χ4v) is 3.19. The SMILES string of the molecule is Cc1cccc([C@@H](C)NS(=O)(=O)CCCCl)c1. The molecule has 0 saturated carbocycles. The van der Waals surface area contributed by atoms with Gasteiger partial charge in [0.2, 0.25) is 10.0 Å². The third-order valence-electron chi connectivity index (χ3n) is 2.45. The number of halogens is 1. The molecule has 1 aromatic rings. The highest BCUT2D eigenvalue weighted by molar-refractivity contribution is 7.89. The van der Waals surface area contributed by atoms with Crippen molar-refractivity contribution in [3.05, 3.63) is 35.4 Å². The molecule has 0 unspecified atom stereocenters. The zero-order valence-corrected chi connectivity index (χ0v) is 11.7. The van der Waals surface area contributed by atoms with E-state index in [0.29, 0.717) is 12.3 Å². The van der Waals surface area contributed by atoms with E-state index in [1.165, 1.54) is 0 Å². The molecule has 0 aliphatic rings. The number of hydrogen-bond donors (Lipinski definition) is 1. The van der Waals surface area contributed by atoms with Gasteiger partial charge < -0.3 is 0 Å². The first-order chi connectivity index (χ1) is 7.94. The minimum absolute atomic E-state index is 0.0760. The van der Waals surface area contributed by atoms with Crippen LogP contribution in [0.5, 0.6) is 0 Å². The van der Waals surface area contributed by atoms with Gasteiger partial charge in [-0.25, -0.2) is 13.1 Å². The van der Waals surface area contributed by atoms with Crippen LogP contribution >= 0.6 is 11.6 Å². The second kappa shape index (κ2) is 6.38. The van der Waals surface area contributed by atoms with Crippen LogP contribution in [-0.4, -0.2) is 20.1 Å². The van der Waals surface area contributed by atoms with Crippen molar-refractivity contribution in [2.75, 3.05) is 11.6 Å². The van der Waals surface area contributed by atoms with Gasteiger partial charge in [-0.15, -0.1) is 11.6 Å². The topological polar surface area (TPSA) is 46.2 Å². The second-order valence-electron chi connectivity index (χ2n) is 4.12. The highest BCUT2D eigenvalue weighted by Gasteiger charge is 2.15. The van der Waals surface area contributed by atoms with Crippen molar-refractivity contribution in [3.8, 4) is 0 Å². The predicted molar refractivity (Wildman–Crippen MR) is 71.9 cm³/mol. The van der Waals surface area contributed by atoms with Gasteiger partial charge >= 0.3 is 0 Å². The fraction of sp³-hybridized carbons (Fsp3) is 0.500. The summed E-state index contributed by atoms with van der Waals surface area (Å²) in [4.78, 5) is 0. The highest BCUT2D eigenvalue weighted by atomic mass is 35.5. The molecule has 0 spiro atoms. The quantitative estimate of drug-likeness (QED) is 0.811. The van der Waals surface area contributed by atoms with Gasteiger partial charge in [0.1, 0.15) is 0 Å². The maximum absolute atomic E-state index is 11.7. The number of alkyl halides is 1. The first-order valence-electron chi connectivity index (χ1n) is 5.57. The maximum atomic E-state index is 11.7. The van der Waals surface area contributed by atoms with Crippen LogP contribution in [0.15, 0.2) is 24.3 Å². The van der Waals surface area contributed by atoms with Crippen LogP contribution in [-0.2, 0) is 10.0 Å². The van der Waals surface area contributed by atoms with Crippen LogP contribution in [0.1, 0.15) is 30.5 Å². The van der Waals surface area contributed by atoms with Gasteiger partial charge in [0.15, 0.2) is 0 Å². The average Bonchev–Trinajstić information content (AvgIpc) is 2.26. The van der Waals surface area contributed by atoms with Gasteiger partial charge in [0, 0.05) is 11.9 Å². The smallest absolute Gasteiger partial charge is 0.212 e. The third-order valence-corrected chi connectivity index (χ3v) is 4.25. The minimum Gasteiger partial charge on any atom is -0.212 e. The van der Waals surface area contributed by atoms with Crippen LogP contribution in [0.2, 0.25) is 0 Å². The molecule has 0 aromatic heterocycles. The first kappa shape index (κ1) is 14.5. The Morgan fingerprint density at radius 3 is 2.71 bits per heavy atom. The molecule has 3 nitrogen and oxygen atoms in total. The molecule has 0 radical (unpaired) electrons. The zero-order valence-electron chi connectivity index (χ0n) is 10.1. The first-order valence-corrected chi connectivity index (χ1v) is 7.76. The molecule has 0 amide bonds. The summed E-state index contributed by atoms with van der Waals surface area (Å²) in [5.41, 5.74) is 2.09. The van der Waals surface area contributed by atoms with Crippen LogP contribution < -0.4 is 4.72 Å². The molecule has 0 bridgehead atoms. The van der Waals surface area contributed by atoms with Crippen LogP contribution in [0, 0.1) is 6.92 Å². The van der Waals surface area contributed by atoms with Gasteiger partial charge in [-0.1, -0.05) is 29.8 Å². The normalized spacial score (nSPS) is 13.6. The Balaban J connectivity index is 2.69. The third kappa shape index (κ3) is 5.06. The number of aryl methyl sites for hydroxylation is 1. The molecule has 0 aliphatic carbocycles. The average molecular weight is 276 g/mol. The lowest BCUT2D eigenvalue weighted by Gasteiger charge is -2.14. The summed E-state index contributed by atoms with van der Waals surface area (Å²) in [6.07, 6.45) is 0.470. The van der Waals surface area contributed by atoms with Crippen molar-refractivity contribution >= 4 is 21.6 Å². The molecule has 5 heteroatoms. The van der Waals surface area contributed by atoms with E-state index in [9.17, 15) is 8.42 Å². The van der Waals surface area contributed by atoms with Crippen LogP contribution in [0.4, 0.5) is 0 Å². The van der Waals surface area contributed by atoms with Crippen molar-refractivity contribution < 1.29 is 8.42 Å². The van der Waals surface area contributed by atoms with Gasteiger partial charge in [-0.2, -0.15) is 0 Å². The molecule has 0 fully saturated rings. The predicted octanol–water partition coefficient (Wildman–Crippen LogP) is 2.60. The molecule has 96 valence electrons. The minimum atomic E-state index is -3.24. The standard InChI is InChI=1S/C12H18ClNO2S/c1-10-5-3-6-12(9-10)11(2)14-17(15,16)8-4-7-13/h3,5-6,9,11,14H,4,7-8H2,1-2H3/t11-/m1/s1. The number of benzene rings is 1. The van der Waals surface area contributed by atoms with E-state index in [0.717, 1.165) is 11.1 Å². The van der Waals surface area contributed by atoms with Gasteiger partial charge in [-0.3, -0.25) is 0 Å². The largest absolute Gasteiger partial charge is 0.212 e. The summed E-state index contributed by atoms with van der Waals surface area (Å²) in [7, 11) is -3.24. The molecular formula is C12H18ClNO2S. The van der Waals surface area contributed by atoms with E-state index in [1.54, 1.807) is 0 Å². The van der Waals surface area contributed by atoms with E-state index >= 15 is 0 Å². The monoisotopic (exact) mass is 275 g/mol. The Labute approximate surface area is 108 Å². The van der Waals surface area contributed by atoms with E-state index < -0.39 is 10.0 Å². The zero-order chi connectivity index (χ0) is 12.9. The summed E-state index contributed by atoms with van der Waals surface area (Å²) in [6.45, 7) is 3.82. The van der Waals surface area contributed by atoms with E-state index in [1.807, 2.05) is 38.1 Å². The van der Waals surface area contributed by atoms with E-state index in [4.69, 9.17) is 11.6 Å². The van der Waals surface area contributed by atoms with Gasteiger partial charge in [-0.05, 0) is 25.8 Å². The van der Waals surface area contributed by atoms with Crippen LogP contribution in [0.3, 0.4) is 0 Å². The molecule has 0 aliphatic heterocycles. The summed E-state index contributed by atoms with van der Waals surface area (Å²) in [6, 6.07) is 7.60. The molecule has 1 atom stereocenters. The molecule has 1 N–H and O–H groups in total.